The average Bonchev–Trinajstić information content (AvgIpc) is 3.89. The summed E-state index contributed by atoms with van der Waals surface area (Å²) in [6, 6.07) is 16.8. The maximum Gasteiger partial charge on any atom is 0.416 e. The molecule has 9 nitrogen and oxygen atoms in total. The topological polar surface area (TPSA) is 117 Å². The molecule has 0 saturated heterocycles. The highest BCUT2D eigenvalue weighted by molar-refractivity contribution is 5.76. The molecule has 0 unspecified atom stereocenters. The second-order valence-corrected chi connectivity index (χ2v) is 10.8. The predicted molar refractivity (Wildman–Crippen MR) is 158 cm³/mol. The normalized spacial score (nSPS) is 12.4. The van der Waals surface area contributed by atoms with Crippen LogP contribution in [0.15, 0.2) is 105 Å². The second-order valence-electron chi connectivity index (χ2n) is 10.8. The number of rotatable bonds is 6. The summed E-state index contributed by atoms with van der Waals surface area (Å²) >= 11 is 0. The molecule has 258 valence electrons. The van der Waals surface area contributed by atoms with Crippen molar-refractivity contribution in [3.8, 4) is 68.5 Å². The third-order valence-corrected chi connectivity index (χ3v) is 7.30. The molecule has 0 aliphatic rings. The first-order valence-electron chi connectivity index (χ1n) is 14.3. The van der Waals surface area contributed by atoms with Crippen molar-refractivity contribution in [1.29, 1.82) is 0 Å². The lowest BCUT2D eigenvalue weighted by Crippen LogP contribution is -2.04. The van der Waals surface area contributed by atoms with Gasteiger partial charge >= 0.3 is 18.5 Å². The van der Waals surface area contributed by atoms with E-state index in [0.717, 1.165) is 54.6 Å². The van der Waals surface area contributed by atoms with Crippen molar-refractivity contribution in [2.24, 2.45) is 0 Å². The lowest BCUT2D eigenvalue weighted by molar-refractivity contribution is -0.138. The summed E-state index contributed by atoms with van der Waals surface area (Å²) in [5.41, 5.74) is -2.50. The van der Waals surface area contributed by atoms with E-state index in [1.807, 2.05) is 0 Å². The number of aromatic nitrogens is 6. The van der Waals surface area contributed by atoms with Crippen molar-refractivity contribution in [1.82, 2.24) is 30.4 Å². The third-order valence-electron chi connectivity index (χ3n) is 7.30. The molecule has 0 aliphatic heterocycles. The van der Waals surface area contributed by atoms with E-state index in [1.165, 1.54) is 36.4 Å². The van der Waals surface area contributed by atoms with E-state index < -0.39 is 35.2 Å². The van der Waals surface area contributed by atoms with Gasteiger partial charge in [0.1, 0.15) is 0 Å². The fraction of sp³-hybridized carbons (Fsp3) is 0.0909. The number of nitrogens with zero attached hydrogens (tertiary/aromatic N) is 6. The molecule has 0 atom stereocenters. The number of alkyl halides is 9. The summed E-state index contributed by atoms with van der Waals surface area (Å²) in [5, 5.41) is 11.7. The highest BCUT2D eigenvalue weighted by Crippen LogP contribution is 2.37. The van der Waals surface area contributed by atoms with E-state index in [-0.39, 0.29) is 68.5 Å². The molecular weight excluding hydrogens is 699 g/mol. The standard InChI is InChI=1S/C33H15F9N6O3/c34-31(35,36)22-7-1-4-16(13-22)28-43-25(46-49-28)19-10-20(26-44-29(50-47-26)17-5-2-8-23(14-17)32(37,38)39)12-21(11-19)27-45-30(51-48-27)18-6-3-9-24(15-18)33(40,41)42/h1-15H. The van der Waals surface area contributed by atoms with Crippen LogP contribution in [-0.2, 0) is 18.5 Å². The van der Waals surface area contributed by atoms with Crippen LogP contribution >= 0.6 is 0 Å². The summed E-state index contributed by atoms with van der Waals surface area (Å²) < 4.78 is 136. The molecular formula is C33H15F9N6O3. The van der Waals surface area contributed by atoms with Gasteiger partial charge in [0.2, 0.25) is 17.5 Å². The van der Waals surface area contributed by atoms with Gasteiger partial charge < -0.3 is 13.6 Å². The Labute approximate surface area is 278 Å². The summed E-state index contributed by atoms with van der Waals surface area (Å²) in [4.78, 5) is 12.7. The van der Waals surface area contributed by atoms with E-state index in [9.17, 15) is 39.5 Å². The van der Waals surface area contributed by atoms with E-state index >= 15 is 0 Å². The van der Waals surface area contributed by atoms with Crippen molar-refractivity contribution in [3.05, 3.63) is 108 Å². The number of hydrogen-bond donors (Lipinski definition) is 0. The van der Waals surface area contributed by atoms with Gasteiger partial charge in [-0.2, -0.15) is 54.5 Å². The Balaban J connectivity index is 1.31. The van der Waals surface area contributed by atoms with Gasteiger partial charge in [0, 0.05) is 33.4 Å². The van der Waals surface area contributed by atoms with E-state index in [0.29, 0.717) is 0 Å². The van der Waals surface area contributed by atoms with E-state index in [4.69, 9.17) is 13.6 Å². The Bertz CT molecular complexity index is 2100. The highest BCUT2D eigenvalue weighted by atomic mass is 19.4. The molecule has 4 aromatic carbocycles. The number of hydrogen-bond acceptors (Lipinski definition) is 9. The highest BCUT2D eigenvalue weighted by Gasteiger charge is 2.33. The monoisotopic (exact) mass is 714 g/mol. The van der Waals surface area contributed by atoms with Gasteiger partial charge in [-0.05, 0) is 72.8 Å². The van der Waals surface area contributed by atoms with Crippen LogP contribution in [0.1, 0.15) is 16.7 Å². The maximum atomic E-state index is 13.3. The molecule has 3 aromatic heterocycles. The molecule has 0 amide bonds. The first kappa shape index (κ1) is 33.2. The fourth-order valence-corrected chi connectivity index (χ4v) is 4.87. The Morgan fingerprint density at radius 3 is 0.882 bits per heavy atom. The predicted octanol–water partition coefficient (Wildman–Crippen LogP) is 9.89. The Hall–Kier alpha value is -6.33. The summed E-state index contributed by atoms with van der Waals surface area (Å²) in [5.74, 6) is -1.18. The molecule has 0 bridgehead atoms. The smallest absolute Gasteiger partial charge is 0.334 e. The van der Waals surface area contributed by atoms with Crippen molar-refractivity contribution < 1.29 is 53.1 Å². The first-order chi connectivity index (χ1) is 24.1. The fourth-order valence-electron chi connectivity index (χ4n) is 4.87. The molecule has 18 heteroatoms. The Kier molecular flexibility index (Phi) is 7.95. The summed E-state index contributed by atoms with van der Waals surface area (Å²) in [6.07, 6.45) is -13.9. The van der Waals surface area contributed by atoms with Crippen molar-refractivity contribution in [2.75, 3.05) is 0 Å². The Morgan fingerprint density at radius 1 is 0.353 bits per heavy atom. The molecule has 51 heavy (non-hydrogen) atoms. The van der Waals surface area contributed by atoms with Crippen LogP contribution in [0.5, 0.6) is 0 Å². The summed E-state index contributed by atoms with van der Waals surface area (Å²) in [7, 11) is 0. The zero-order valence-electron chi connectivity index (χ0n) is 25.0. The molecule has 0 N–H and O–H groups in total. The second kappa shape index (κ2) is 12.2. The van der Waals surface area contributed by atoms with Gasteiger partial charge in [0.25, 0.3) is 17.7 Å². The van der Waals surface area contributed by atoms with Gasteiger partial charge in [-0.3, -0.25) is 0 Å². The molecule has 7 aromatic rings. The van der Waals surface area contributed by atoms with Crippen LogP contribution in [0.2, 0.25) is 0 Å². The largest absolute Gasteiger partial charge is 0.416 e. The van der Waals surface area contributed by atoms with Crippen LogP contribution in [0, 0.1) is 0 Å². The van der Waals surface area contributed by atoms with Crippen molar-refractivity contribution in [2.45, 2.75) is 18.5 Å². The Morgan fingerprint density at radius 2 is 0.627 bits per heavy atom. The molecule has 0 fully saturated rings. The lowest BCUT2D eigenvalue weighted by atomic mass is 10.0. The quantitative estimate of drug-likeness (QED) is 0.155. The molecule has 0 saturated carbocycles. The van der Waals surface area contributed by atoms with Gasteiger partial charge in [0.05, 0.1) is 16.7 Å². The number of benzene rings is 4. The third kappa shape index (κ3) is 6.92. The van der Waals surface area contributed by atoms with Gasteiger partial charge in [-0.15, -0.1) is 0 Å². The molecule has 0 radical (unpaired) electrons. The van der Waals surface area contributed by atoms with Crippen LogP contribution in [0.25, 0.3) is 68.5 Å². The van der Waals surface area contributed by atoms with Crippen LogP contribution < -0.4 is 0 Å². The SMILES string of the molecule is FC(F)(F)c1cccc(-c2nc(-c3cc(-c4noc(-c5cccc(C(F)(F)F)c5)n4)cc(-c4noc(-c5cccc(C(F)(F)F)c5)n4)c3)no2)c1. The average molecular weight is 715 g/mol. The zero-order chi connectivity index (χ0) is 36.1. The van der Waals surface area contributed by atoms with Crippen molar-refractivity contribution >= 4 is 0 Å². The summed E-state index contributed by atoms with van der Waals surface area (Å²) in [6.45, 7) is 0. The molecule has 3 heterocycles. The minimum atomic E-state index is -4.64. The van der Waals surface area contributed by atoms with Gasteiger partial charge in [-0.25, -0.2) is 0 Å². The zero-order valence-corrected chi connectivity index (χ0v) is 25.0. The van der Waals surface area contributed by atoms with E-state index in [1.54, 1.807) is 0 Å². The van der Waals surface area contributed by atoms with E-state index in [2.05, 4.69) is 30.4 Å². The van der Waals surface area contributed by atoms with Gasteiger partial charge in [-0.1, -0.05) is 33.7 Å². The maximum absolute atomic E-state index is 13.3. The molecule has 0 aliphatic carbocycles. The first-order valence-corrected chi connectivity index (χ1v) is 14.3. The van der Waals surface area contributed by atoms with Crippen LogP contribution in [0.4, 0.5) is 39.5 Å². The van der Waals surface area contributed by atoms with Crippen LogP contribution in [-0.4, -0.2) is 30.4 Å². The number of halogens is 9. The molecule has 7 rings (SSSR count). The van der Waals surface area contributed by atoms with Crippen molar-refractivity contribution in [3.63, 3.8) is 0 Å². The minimum Gasteiger partial charge on any atom is -0.334 e. The van der Waals surface area contributed by atoms with Gasteiger partial charge in [0.15, 0.2) is 0 Å². The molecule has 0 spiro atoms. The van der Waals surface area contributed by atoms with Crippen LogP contribution in [0.3, 0.4) is 0 Å². The lowest BCUT2D eigenvalue weighted by Gasteiger charge is -2.06. The minimum absolute atomic E-state index is 0.0345.